The minimum atomic E-state index is 0.435. The quantitative estimate of drug-likeness (QED) is 0.680. The number of aromatic nitrogens is 1. The van der Waals surface area contributed by atoms with Crippen LogP contribution < -0.4 is 0 Å². The summed E-state index contributed by atoms with van der Waals surface area (Å²) in [5.74, 6) is 1.37. The van der Waals surface area contributed by atoms with Gasteiger partial charge in [-0.05, 0) is 50.1 Å². The van der Waals surface area contributed by atoms with Gasteiger partial charge in [-0.2, -0.15) is 0 Å². The molecular weight excluding hydrogens is 300 g/mol. The lowest BCUT2D eigenvalue weighted by atomic mass is 9.77. The lowest BCUT2D eigenvalue weighted by Crippen LogP contribution is -2.30. The SMILES string of the molecule is CCC(c1nc(CCl)cs1)N1CCCC(C(C)(C)C)CC1. The fourth-order valence-electron chi connectivity index (χ4n) is 3.42. The number of alkyl halides is 1. The van der Waals surface area contributed by atoms with Gasteiger partial charge in [0.05, 0.1) is 17.6 Å². The van der Waals surface area contributed by atoms with Crippen molar-refractivity contribution in [2.24, 2.45) is 11.3 Å². The second-order valence-corrected chi connectivity index (χ2v) is 8.42. The third-order valence-electron chi connectivity index (χ3n) is 4.81. The van der Waals surface area contributed by atoms with Gasteiger partial charge in [-0.25, -0.2) is 4.98 Å². The summed E-state index contributed by atoms with van der Waals surface area (Å²) in [4.78, 5) is 7.37. The number of nitrogens with zero attached hydrogens (tertiary/aromatic N) is 2. The molecule has 2 unspecified atom stereocenters. The Balaban J connectivity index is 2.05. The van der Waals surface area contributed by atoms with Gasteiger partial charge in [0.25, 0.3) is 0 Å². The normalized spacial score (nSPS) is 23.0. The van der Waals surface area contributed by atoms with E-state index in [2.05, 4.69) is 38.0 Å². The van der Waals surface area contributed by atoms with Crippen molar-refractivity contribution in [2.45, 2.75) is 65.3 Å². The van der Waals surface area contributed by atoms with E-state index in [-0.39, 0.29) is 0 Å². The zero-order chi connectivity index (χ0) is 15.5. The molecule has 0 radical (unpaired) electrons. The average Bonchev–Trinajstić information content (AvgIpc) is 2.75. The van der Waals surface area contributed by atoms with Crippen LogP contribution in [0.2, 0.25) is 0 Å². The highest BCUT2D eigenvalue weighted by Gasteiger charge is 2.30. The van der Waals surface area contributed by atoms with Crippen molar-refractivity contribution in [2.75, 3.05) is 13.1 Å². The fraction of sp³-hybridized carbons (Fsp3) is 0.824. The van der Waals surface area contributed by atoms with E-state index >= 15 is 0 Å². The Morgan fingerprint density at radius 3 is 2.71 bits per heavy atom. The number of halogens is 1. The Hall–Kier alpha value is -0.120. The molecule has 0 aliphatic carbocycles. The molecule has 2 nitrogen and oxygen atoms in total. The van der Waals surface area contributed by atoms with Gasteiger partial charge in [-0.1, -0.05) is 27.7 Å². The third-order valence-corrected chi connectivity index (χ3v) is 6.07. The molecule has 0 aromatic carbocycles. The molecule has 2 heterocycles. The van der Waals surface area contributed by atoms with Crippen LogP contribution in [-0.4, -0.2) is 23.0 Å². The number of hydrogen-bond acceptors (Lipinski definition) is 3. The number of likely N-dealkylation sites (tertiary alicyclic amines) is 1. The molecule has 0 amide bonds. The van der Waals surface area contributed by atoms with Crippen molar-refractivity contribution in [3.63, 3.8) is 0 Å². The van der Waals surface area contributed by atoms with Gasteiger partial charge in [0.2, 0.25) is 0 Å². The summed E-state index contributed by atoms with van der Waals surface area (Å²) in [6, 6.07) is 0.477. The molecule has 1 aliphatic rings. The summed E-state index contributed by atoms with van der Waals surface area (Å²) < 4.78 is 0. The first kappa shape index (κ1) is 17.2. The monoisotopic (exact) mass is 328 g/mol. The van der Waals surface area contributed by atoms with Gasteiger partial charge >= 0.3 is 0 Å². The van der Waals surface area contributed by atoms with Crippen LogP contribution in [0.25, 0.3) is 0 Å². The minimum Gasteiger partial charge on any atom is -0.294 e. The Labute approximate surface area is 138 Å². The molecule has 1 aromatic heterocycles. The van der Waals surface area contributed by atoms with Gasteiger partial charge in [-0.3, -0.25) is 4.90 Å². The van der Waals surface area contributed by atoms with E-state index in [0.29, 0.717) is 17.3 Å². The molecule has 2 atom stereocenters. The first-order valence-electron chi connectivity index (χ1n) is 8.20. The second kappa shape index (κ2) is 7.43. The van der Waals surface area contributed by atoms with Crippen LogP contribution in [0.3, 0.4) is 0 Å². The molecule has 21 heavy (non-hydrogen) atoms. The highest BCUT2D eigenvalue weighted by Crippen LogP contribution is 2.37. The third kappa shape index (κ3) is 4.43. The van der Waals surface area contributed by atoms with Crippen LogP contribution in [0.5, 0.6) is 0 Å². The first-order chi connectivity index (χ1) is 9.95. The highest BCUT2D eigenvalue weighted by molar-refractivity contribution is 7.09. The highest BCUT2D eigenvalue weighted by atomic mass is 35.5. The Morgan fingerprint density at radius 2 is 2.14 bits per heavy atom. The number of hydrogen-bond donors (Lipinski definition) is 0. The van der Waals surface area contributed by atoms with Crippen molar-refractivity contribution in [3.8, 4) is 0 Å². The van der Waals surface area contributed by atoms with Crippen LogP contribution in [0.4, 0.5) is 0 Å². The van der Waals surface area contributed by atoms with E-state index in [1.807, 2.05) is 0 Å². The van der Waals surface area contributed by atoms with E-state index in [1.54, 1.807) is 11.3 Å². The predicted molar refractivity (Wildman–Crippen MR) is 93.1 cm³/mol. The summed E-state index contributed by atoms with van der Waals surface area (Å²) in [6.45, 7) is 11.9. The van der Waals surface area contributed by atoms with Crippen molar-refractivity contribution in [1.29, 1.82) is 0 Å². The zero-order valence-corrected chi connectivity index (χ0v) is 15.4. The largest absolute Gasteiger partial charge is 0.294 e. The van der Waals surface area contributed by atoms with Crippen LogP contribution in [0.1, 0.15) is 70.1 Å². The maximum atomic E-state index is 5.90. The molecule has 120 valence electrons. The molecule has 2 rings (SSSR count). The van der Waals surface area contributed by atoms with Gasteiger partial charge in [-0.15, -0.1) is 22.9 Å². The summed E-state index contributed by atoms with van der Waals surface area (Å²) in [5.41, 5.74) is 1.46. The van der Waals surface area contributed by atoms with E-state index < -0.39 is 0 Å². The maximum absolute atomic E-state index is 5.90. The van der Waals surface area contributed by atoms with Crippen molar-refractivity contribution >= 4 is 22.9 Å². The van der Waals surface area contributed by atoms with Crippen LogP contribution in [0.15, 0.2) is 5.38 Å². The first-order valence-corrected chi connectivity index (χ1v) is 9.61. The van der Waals surface area contributed by atoms with Crippen molar-refractivity contribution < 1.29 is 0 Å². The lowest BCUT2D eigenvalue weighted by molar-refractivity contribution is 0.178. The molecule has 1 saturated heterocycles. The maximum Gasteiger partial charge on any atom is 0.110 e. The fourth-order valence-corrected chi connectivity index (χ4v) is 4.69. The van der Waals surface area contributed by atoms with E-state index in [1.165, 1.54) is 37.4 Å². The molecule has 1 aromatic rings. The summed E-state index contributed by atoms with van der Waals surface area (Å²) in [6.07, 6.45) is 5.12. The van der Waals surface area contributed by atoms with Crippen molar-refractivity contribution in [1.82, 2.24) is 9.88 Å². The Kier molecular flexibility index (Phi) is 6.10. The molecule has 0 bridgehead atoms. The van der Waals surface area contributed by atoms with E-state index in [9.17, 15) is 0 Å². The van der Waals surface area contributed by atoms with Gasteiger partial charge < -0.3 is 0 Å². The van der Waals surface area contributed by atoms with Gasteiger partial charge in [0.15, 0.2) is 0 Å². The smallest absolute Gasteiger partial charge is 0.110 e. The molecule has 0 N–H and O–H groups in total. The molecular formula is C17H29ClN2S. The molecule has 1 aliphatic heterocycles. The number of thiazole rings is 1. The van der Waals surface area contributed by atoms with Crippen LogP contribution in [0, 0.1) is 11.3 Å². The lowest BCUT2D eigenvalue weighted by Gasteiger charge is -2.31. The summed E-state index contributed by atoms with van der Waals surface area (Å²) in [7, 11) is 0. The topological polar surface area (TPSA) is 16.1 Å². The van der Waals surface area contributed by atoms with Crippen LogP contribution >= 0.6 is 22.9 Å². The zero-order valence-electron chi connectivity index (χ0n) is 13.9. The minimum absolute atomic E-state index is 0.435. The predicted octanol–water partition coefficient (Wildman–Crippen LogP) is 5.48. The van der Waals surface area contributed by atoms with Gasteiger partial charge in [0, 0.05) is 5.38 Å². The Bertz CT molecular complexity index is 438. The second-order valence-electron chi connectivity index (χ2n) is 7.26. The van der Waals surface area contributed by atoms with Crippen molar-refractivity contribution in [3.05, 3.63) is 16.1 Å². The average molecular weight is 329 g/mol. The molecule has 0 saturated carbocycles. The van der Waals surface area contributed by atoms with E-state index in [0.717, 1.165) is 18.0 Å². The van der Waals surface area contributed by atoms with E-state index in [4.69, 9.17) is 16.6 Å². The Morgan fingerprint density at radius 1 is 1.38 bits per heavy atom. The molecule has 1 fully saturated rings. The van der Waals surface area contributed by atoms with Gasteiger partial charge in [0.1, 0.15) is 5.01 Å². The van der Waals surface area contributed by atoms with Crippen LogP contribution in [-0.2, 0) is 5.88 Å². The summed E-state index contributed by atoms with van der Waals surface area (Å²) in [5, 5.41) is 3.36. The molecule has 4 heteroatoms. The summed E-state index contributed by atoms with van der Waals surface area (Å²) >= 11 is 7.68. The molecule has 0 spiro atoms. The number of rotatable bonds is 4. The standard InChI is InChI=1S/C17H29ClN2S/c1-5-15(16-19-14(11-18)12-21-16)20-9-6-7-13(8-10-20)17(2,3)4/h12-13,15H,5-11H2,1-4H3.